The minimum Gasteiger partial charge on any atom is -0.481 e. The molecule has 31 heavy (non-hydrogen) atoms. The van der Waals surface area contributed by atoms with Crippen LogP contribution in [0, 0.1) is 5.92 Å². The Morgan fingerprint density at radius 3 is 1.00 bits per heavy atom. The van der Waals surface area contributed by atoms with Gasteiger partial charge in [0.2, 0.25) is 0 Å². The molecule has 1 atom stereocenters. The first-order valence-electron chi connectivity index (χ1n) is 9.96. The maximum Gasteiger partial charge on any atom is 0.673 e. The van der Waals surface area contributed by atoms with E-state index in [2.05, 4.69) is 48.6 Å². The van der Waals surface area contributed by atoms with Crippen LogP contribution >= 0.6 is 0 Å². The van der Waals surface area contributed by atoms with Crippen LogP contribution in [-0.2, 0) is 29.1 Å². The van der Waals surface area contributed by atoms with Crippen molar-refractivity contribution in [2.45, 2.75) is 64.7 Å². The number of hydrogen-bond donors (Lipinski definition) is 2. The number of allylic oxidation sites excluding steroid dienone is 8. The number of hydrogen-bond acceptors (Lipinski definition) is 2. The van der Waals surface area contributed by atoms with Crippen molar-refractivity contribution in [2.24, 2.45) is 5.92 Å². The minimum atomic E-state index is -6.00. The smallest absolute Gasteiger partial charge is 0.481 e. The second-order valence-electron chi connectivity index (χ2n) is 6.53. The van der Waals surface area contributed by atoms with E-state index in [1.54, 1.807) is 0 Å². The molecule has 0 aromatic heterocycles. The second kappa shape index (κ2) is 23.0. The van der Waals surface area contributed by atoms with Crippen molar-refractivity contribution >= 4 is 19.2 Å². The molecule has 181 valence electrons. The summed E-state index contributed by atoms with van der Waals surface area (Å²) in [6.07, 6.45) is 27.7. The van der Waals surface area contributed by atoms with E-state index in [0.717, 1.165) is 0 Å². The number of halogens is 4. The Balaban J connectivity index is -0.000000340. The van der Waals surface area contributed by atoms with Gasteiger partial charge in [0.15, 0.2) is 0 Å². The average molecular weight is 538 g/mol. The largest absolute Gasteiger partial charge is 0.673 e. The van der Waals surface area contributed by atoms with Crippen LogP contribution in [0.4, 0.5) is 17.3 Å². The predicted molar refractivity (Wildman–Crippen MR) is 113 cm³/mol. The molecule has 4 nitrogen and oxygen atoms in total. The van der Waals surface area contributed by atoms with Gasteiger partial charge in [0.25, 0.3) is 0 Å². The normalized spacial score (nSPS) is 18.0. The molecular weight excluding hydrogens is 506 g/mol. The third kappa shape index (κ3) is 39.4. The Hall–Kier alpha value is -1.69. The minimum absolute atomic E-state index is 0. The molecule has 2 aliphatic rings. The molecule has 0 fully saturated rings. The van der Waals surface area contributed by atoms with E-state index in [9.17, 15) is 26.9 Å². The zero-order valence-electron chi connectivity index (χ0n) is 17.7. The molecule has 2 aliphatic carbocycles. The average Bonchev–Trinajstić information content (AvgIpc) is 2.52. The molecule has 0 saturated heterocycles. The summed E-state index contributed by atoms with van der Waals surface area (Å²) in [5, 5.41) is 16.2. The van der Waals surface area contributed by atoms with Gasteiger partial charge in [-0.05, 0) is 51.4 Å². The van der Waals surface area contributed by atoms with Gasteiger partial charge in [-0.15, -0.1) is 0 Å². The van der Waals surface area contributed by atoms with Gasteiger partial charge >= 0.3 is 19.2 Å². The van der Waals surface area contributed by atoms with Crippen LogP contribution in [0.5, 0.6) is 0 Å². The number of carbonyl (C=O) groups is 2. The van der Waals surface area contributed by atoms with Gasteiger partial charge in [-0.1, -0.05) is 55.5 Å². The topological polar surface area (TPSA) is 74.6 Å². The van der Waals surface area contributed by atoms with Gasteiger partial charge in [0, 0.05) is 19.5 Å². The number of carboxylic acids is 2. The third-order valence-electron chi connectivity index (χ3n) is 3.57. The zero-order chi connectivity index (χ0) is 23.3. The second-order valence-corrected chi connectivity index (χ2v) is 6.53. The van der Waals surface area contributed by atoms with Gasteiger partial charge in [0.1, 0.15) is 0 Å². The van der Waals surface area contributed by atoms with Gasteiger partial charge in [-0.3, -0.25) is 9.59 Å². The molecule has 0 spiro atoms. The summed E-state index contributed by atoms with van der Waals surface area (Å²) in [6, 6.07) is 0. The van der Waals surface area contributed by atoms with Crippen LogP contribution in [0.3, 0.4) is 0 Å². The first kappa shape index (κ1) is 33.9. The molecule has 0 amide bonds. The fourth-order valence-electron chi connectivity index (χ4n) is 2.06. The Labute approximate surface area is 195 Å². The molecule has 0 bridgehead atoms. The van der Waals surface area contributed by atoms with Crippen molar-refractivity contribution in [3.05, 3.63) is 48.6 Å². The van der Waals surface area contributed by atoms with E-state index in [4.69, 9.17) is 10.2 Å². The molecule has 2 N–H and O–H groups in total. The molecular formula is C21H32BF4O4Rh-. The summed E-state index contributed by atoms with van der Waals surface area (Å²) >= 11 is 0. The summed E-state index contributed by atoms with van der Waals surface area (Å²) in [7, 11) is -6.00. The summed E-state index contributed by atoms with van der Waals surface area (Å²) in [5.41, 5.74) is 0. The molecule has 2 rings (SSSR count). The van der Waals surface area contributed by atoms with E-state index >= 15 is 0 Å². The molecule has 0 heterocycles. The maximum atomic E-state index is 9.97. The van der Waals surface area contributed by atoms with Gasteiger partial charge in [-0.25, -0.2) is 0 Å². The van der Waals surface area contributed by atoms with Crippen molar-refractivity contribution in [3.8, 4) is 0 Å². The summed E-state index contributed by atoms with van der Waals surface area (Å²) in [5.74, 6) is -2.94. The Morgan fingerprint density at radius 1 is 0.710 bits per heavy atom. The van der Waals surface area contributed by atoms with Crippen LogP contribution in [0.2, 0.25) is 0 Å². The van der Waals surface area contributed by atoms with Gasteiger partial charge in [-0.2, -0.15) is 0 Å². The number of carboxylic acid groups (broad SMARTS) is 2. The van der Waals surface area contributed by atoms with Crippen molar-refractivity contribution in [2.75, 3.05) is 0 Å². The van der Waals surface area contributed by atoms with Crippen LogP contribution in [0.25, 0.3) is 0 Å². The summed E-state index contributed by atoms with van der Waals surface area (Å²) in [4.78, 5) is 19.8. The van der Waals surface area contributed by atoms with Crippen LogP contribution < -0.4 is 0 Å². The third-order valence-corrected chi connectivity index (χ3v) is 3.57. The van der Waals surface area contributed by atoms with E-state index in [0.29, 0.717) is 0 Å². The fraction of sp³-hybridized carbons (Fsp3) is 0.524. The Bertz CT molecular complexity index is 490. The van der Waals surface area contributed by atoms with Crippen LogP contribution in [-0.4, -0.2) is 29.4 Å². The summed E-state index contributed by atoms with van der Waals surface area (Å²) < 4.78 is 39.0. The van der Waals surface area contributed by atoms with E-state index in [1.807, 2.05) is 0 Å². The quantitative estimate of drug-likeness (QED) is 0.235. The van der Waals surface area contributed by atoms with Crippen molar-refractivity contribution in [1.29, 1.82) is 0 Å². The Morgan fingerprint density at radius 2 is 0.903 bits per heavy atom. The zero-order valence-corrected chi connectivity index (χ0v) is 19.3. The molecule has 10 heteroatoms. The fourth-order valence-corrected chi connectivity index (χ4v) is 2.06. The van der Waals surface area contributed by atoms with Gasteiger partial charge in [0.05, 0.1) is 12.3 Å². The molecule has 0 saturated carbocycles. The van der Waals surface area contributed by atoms with E-state index in [-0.39, 0.29) is 25.9 Å². The standard InChI is InChI=1S/2C8H12.C5H8O4.BF4.Rh/c2*1-2-4-6-8-7-5-3-1;1-3(5(8)9)2-4(6)7;2-1(3,4)5;/h2*1-2,7-8H,3-6H2;3H,2H2,1H3,(H,6,7)(H,8,9);;/q;;;-1;/b2*2-1-,8-7?;;;. The SMILES string of the molecule is C1=CCC/C=C\CC1.C1=CCC/C=C\CC1.CC(CC(=O)O)C(=O)O.F[B-](F)(F)F.[Rh]. The molecule has 0 aliphatic heterocycles. The van der Waals surface area contributed by atoms with E-state index < -0.39 is 25.1 Å². The first-order chi connectivity index (χ1) is 14.0. The van der Waals surface area contributed by atoms with E-state index in [1.165, 1.54) is 58.3 Å². The van der Waals surface area contributed by atoms with Crippen molar-refractivity contribution in [1.82, 2.24) is 0 Å². The van der Waals surface area contributed by atoms with Crippen molar-refractivity contribution < 1.29 is 56.5 Å². The molecule has 0 aromatic rings. The van der Waals surface area contributed by atoms with Crippen LogP contribution in [0.15, 0.2) is 48.6 Å². The number of aliphatic carboxylic acids is 2. The first-order valence-corrected chi connectivity index (χ1v) is 9.96. The molecule has 0 aromatic carbocycles. The Kier molecular flexibility index (Phi) is 25.2. The molecule has 1 radical (unpaired) electrons. The van der Waals surface area contributed by atoms with Crippen LogP contribution in [0.1, 0.15) is 64.7 Å². The van der Waals surface area contributed by atoms with Gasteiger partial charge < -0.3 is 27.5 Å². The molecule has 1 unspecified atom stereocenters. The summed E-state index contributed by atoms with van der Waals surface area (Å²) in [6.45, 7) is 1.36. The monoisotopic (exact) mass is 538 g/mol. The van der Waals surface area contributed by atoms with Crippen molar-refractivity contribution in [3.63, 3.8) is 0 Å². The maximum absolute atomic E-state index is 9.97. The predicted octanol–water partition coefficient (Wildman–Crippen LogP) is 6.82. The number of rotatable bonds is 3.